The number of benzene rings is 1. The van der Waals surface area contributed by atoms with Crippen LogP contribution in [0.4, 0.5) is 0 Å². The zero-order chi connectivity index (χ0) is 10.6. The third-order valence-electron chi connectivity index (χ3n) is 1.82. The molecule has 3 N–H and O–H groups in total. The Labute approximate surface area is 82.0 Å². The highest BCUT2D eigenvalue weighted by atomic mass is 16.6. The van der Waals surface area contributed by atoms with Crippen molar-refractivity contribution in [2.45, 2.75) is 6.61 Å². The predicted molar refractivity (Wildman–Crippen MR) is 50.2 cm³/mol. The lowest BCUT2D eigenvalue weighted by atomic mass is 10.2. The highest BCUT2D eigenvalue weighted by Crippen LogP contribution is 2.33. The number of nitrogens with two attached hydrogens (primary N) is 1. The number of phenolic OH excluding ortho intramolecular Hbond substituents is 1. The van der Waals surface area contributed by atoms with E-state index in [-0.39, 0.29) is 12.4 Å². The van der Waals surface area contributed by atoms with Crippen molar-refractivity contribution in [1.29, 1.82) is 0 Å². The third kappa shape index (κ3) is 2.07. The summed E-state index contributed by atoms with van der Waals surface area (Å²) in [6.45, 7) is 0.117. The van der Waals surface area contributed by atoms with Crippen LogP contribution in [0.25, 0.3) is 0 Å². The number of rotatable bonds is 4. The monoisotopic (exact) mass is 199 g/mol. The lowest BCUT2D eigenvalue weighted by Crippen LogP contribution is -2.00. The molecular weight excluding hydrogens is 186 g/mol. The van der Waals surface area contributed by atoms with Crippen LogP contribution in [0.15, 0.2) is 12.1 Å². The second-order valence-corrected chi connectivity index (χ2v) is 2.65. The first-order valence-electron chi connectivity index (χ1n) is 3.98. The molecule has 0 spiro atoms. The summed E-state index contributed by atoms with van der Waals surface area (Å²) >= 11 is 0. The number of hydrogen-bond donors (Lipinski definition) is 2. The van der Waals surface area contributed by atoms with Gasteiger partial charge in [-0.3, -0.25) is 4.84 Å². The summed E-state index contributed by atoms with van der Waals surface area (Å²) < 4.78 is 10.0. The lowest BCUT2D eigenvalue weighted by Gasteiger charge is -2.10. The summed E-state index contributed by atoms with van der Waals surface area (Å²) in [5.74, 6) is 5.96. The SMILES string of the molecule is COc1cc(O)c(CON)cc1OC. The second kappa shape index (κ2) is 4.69. The van der Waals surface area contributed by atoms with Crippen molar-refractivity contribution in [2.24, 2.45) is 5.90 Å². The van der Waals surface area contributed by atoms with E-state index in [1.807, 2.05) is 0 Å². The topological polar surface area (TPSA) is 73.9 Å². The smallest absolute Gasteiger partial charge is 0.164 e. The number of ether oxygens (including phenoxy) is 2. The molecule has 0 unspecified atom stereocenters. The molecule has 0 atom stereocenters. The molecule has 0 aliphatic rings. The Bertz CT molecular complexity index is 314. The Morgan fingerprint density at radius 3 is 2.29 bits per heavy atom. The largest absolute Gasteiger partial charge is 0.507 e. The summed E-state index contributed by atoms with van der Waals surface area (Å²) in [5.41, 5.74) is 0.546. The molecule has 1 aromatic carbocycles. The van der Waals surface area contributed by atoms with E-state index in [4.69, 9.17) is 15.4 Å². The standard InChI is InChI=1S/C9H13NO4/c1-12-8-3-6(5-14-10)7(11)4-9(8)13-2/h3-4,11H,5,10H2,1-2H3. The van der Waals surface area contributed by atoms with Gasteiger partial charge in [0, 0.05) is 11.6 Å². The van der Waals surface area contributed by atoms with Gasteiger partial charge in [-0.25, -0.2) is 5.90 Å². The van der Waals surface area contributed by atoms with E-state index in [0.717, 1.165) is 0 Å². The van der Waals surface area contributed by atoms with Crippen LogP contribution in [0.1, 0.15) is 5.56 Å². The molecule has 0 bridgehead atoms. The van der Waals surface area contributed by atoms with E-state index in [9.17, 15) is 5.11 Å². The molecule has 0 fully saturated rings. The molecule has 5 heteroatoms. The Morgan fingerprint density at radius 2 is 1.79 bits per heavy atom. The molecule has 0 aliphatic carbocycles. The van der Waals surface area contributed by atoms with E-state index in [2.05, 4.69) is 4.84 Å². The zero-order valence-electron chi connectivity index (χ0n) is 8.11. The van der Waals surface area contributed by atoms with Gasteiger partial charge in [0.05, 0.1) is 20.8 Å². The number of aromatic hydroxyl groups is 1. The van der Waals surface area contributed by atoms with Crippen LogP contribution in [0.3, 0.4) is 0 Å². The van der Waals surface area contributed by atoms with Gasteiger partial charge >= 0.3 is 0 Å². The number of methoxy groups -OCH3 is 2. The van der Waals surface area contributed by atoms with Crippen molar-refractivity contribution >= 4 is 0 Å². The van der Waals surface area contributed by atoms with Gasteiger partial charge in [0.1, 0.15) is 5.75 Å². The van der Waals surface area contributed by atoms with Crippen molar-refractivity contribution < 1.29 is 19.4 Å². The average molecular weight is 199 g/mol. The van der Waals surface area contributed by atoms with Gasteiger partial charge in [-0.1, -0.05) is 0 Å². The lowest BCUT2D eigenvalue weighted by molar-refractivity contribution is 0.122. The second-order valence-electron chi connectivity index (χ2n) is 2.65. The van der Waals surface area contributed by atoms with Crippen LogP contribution < -0.4 is 15.4 Å². The first-order valence-corrected chi connectivity index (χ1v) is 3.98. The fraction of sp³-hybridized carbons (Fsp3) is 0.333. The van der Waals surface area contributed by atoms with E-state index in [1.165, 1.54) is 20.3 Å². The maximum Gasteiger partial charge on any atom is 0.164 e. The van der Waals surface area contributed by atoms with Gasteiger partial charge < -0.3 is 14.6 Å². The Morgan fingerprint density at radius 1 is 1.21 bits per heavy atom. The molecule has 5 nitrogen and oxygen atoms in total. The molecule has 1 rings (SSSR count). The van der Waals surface area contributed by atoms with Gasteiger partial charge in [0.25, 0.3) is 0 Å². The van der Waals surface area contributed by atoms with Crippen LogP contribution >= 0.6 is 0 Å². The van der Waals surface area contributed by atoms with Crippen LogP contribution in [0, 0.1) is 0 Å². The third-order valence-corrected chi connectivity index (χ3v) is 1.82. The van der Waals surface area contributed by atoms with Crippen molar-refractivity contribution in [2.75, 3.05) is 14.2 Å². The van der Waals surface area contributed by atoms with Crippen LogP contribution in [-0.4, -0.2) is 19.3 Å². The van der Waals surface area contributed by atoms with Gasteiger partial charge in [-0.2, -0.15) is 0 Å². The van der Waals surface area contributed by atoms with Gasteiger partial charge in [-0.05, 0) is 6.07 Å². The van der Waals surface area contributed by atoms with Gasteiger partial charge in [0.2, 0.25) is 0 Å². The predicted octanol–water partition coefficient (Wildman–Crippen LogP) is 0.800. The molecule has 0 aromatic heterocycles. The van der Waals surface area contributed by atoms with Crippen molar-refractivity contribution in [3.8, 4) is 17.2 Å². The minimum atomic E-state index is 0.0631. The molecule has 0 saturated carbocycles. The molecular formula is C9H13NO4. The van der Waals surface area contributed by atoms with Crippen LogP contribution in [0.5, 0.6) is 17.2 Å². The average Bonchev–Trinajstić information content (AvgIpc) is 2.20. The molecule has 0 heterocycles. The van der Waals surface area contributed by atoms with E-state index < -0.39 is 0 Å². The summed E-state index contributed by atoms with van der Waals surface area (Å²) in [6, 6.07) is 3.06. The highest BCUT2D eigenvalue weighted by Gasteiger charge is 2.09. The van der Waals surface area contributed by atoms with Crippen molar-refractivity contribution in [1.82, 2.24) is 0 Å². The van der Waals surface area contributed by atoms with E-state index >= 15 is 0 Å². The fourth-order valence-electron chi connectivity index (χ4n) is 1.12. The first kappa shape index (κ1) is 10.6. The number of phenols is 1. The summed E-state index contributed by atoms with van der Waals surface area (Å²) in [5, 5.41) is 9.50. The van der Waals surface area contributed by atoms with Crippen molar-refractivity contribution in [3.63, 3.8) is 0 Å². The Balaban J connectivity index is 3.09. The molecule has 0 radical (unpaired) electrons. The van der Waals surface area contributed by atoms with E-state index in [1.54, 1.807) is 6.07 Å². The number of hydrogen-bond acceptors (Lipinski definition) is 5. The maximum atomic E-state index is 9.50. The Kier molecular flexibility index (Phi) is 3.55. The Hall–Kier alpha value is -1.46. The van der Waals surface area contributed by atoms with Crippen molar-refractivity contribution in [3.05, 3.63) is 17.7 Å². The molecule has 1 aromatic rings. The molecule has 78 valence electrons. The summed E-state index contributed by atoms with van der Waals surface area (Å²) in [4.78, 5) is 4.43. The van der Waals surface area contributed by atoms with Crippen LogP contribution in [0.2, 0.25) is 0 Å². The maximum absolute atomic E-state index is 9.50. The normalized spacial score (nSPS) is 9.93. The van der Waals surface area contributed by atoms with E-state index in [0.29, 0.717) is 17.1 Å². The summed E-state index contributed by atoms with van der Waals surface area (Å²) in [7, 11) is 3.01. The molecule has 0 amide bonds. The van der Waals surface area contributed by atoms with Gasteiger partial charge in [-0.15, -0.1) is 0 Å². The highest BCUT2D eigenvalue weighted by molar-refractivity contribution is 5.49. The molecule has 0 aliphatic heterocycles. The quantitative estimate of drug-likeness (QED) is 0.701. The van der Waals surface area contributed by atoms with Crippen LogP contribution in [-0.2, 0) is 11.4 Å². The summed E-state index contributed by atoms with van der Waals surface area (Å²) in [6.07, 6.45) is 0. The zero-order valence-corrected chi connectivity index (χ0v) is 8.11. The first-order chi connectivity index (χ1) is 6.72. The minimum Gasteiger partial charge on any atom is -0.507 e. The molecule has 14 heavy (non-hydrogen) atoms. The fourth-order valence-corrected chi connectivity index (χ4v) is 1.12. The minimum absolute atomic E-state index is 0.0631. The van der Waals surface area contributed by atoms with Gasteiger partial charge in [0.15, 0.2) is 11.5 Å². The molecule has 0 saturated heterocycles.